The van der Waals surface area contributed by atoms with Crippen molar-refractivity contribution in [1.29, 1.82) is 0 Å². The van der Waals surface area contributed by atoms with Crippen molar-refractivity contribution in [3.05, 3.63) is 71.8 Å². The highest BCUT2D eigenvalue weighted by Crippen LogP contribution is 2.16. The lowest BCUT2D eigenvalue weighted by Crippen LogP contribution is -2.47. The maximum absolute atomic E-state index is 12.4. The highest BCUT2D eigenvalue weighted by molar-refractivity contribution is 5.89. The number of benzene rings is 2. The quantitative estimate of drug-likeness (QED) is 0.814. The van der Waals surface area contributed by atoms with Gasteiger partial charge in [-0.1, -0.05) is 60.7 Å². The largest absolute Gasteiger partial charge is 0.368 e. The molecule has 0 aliphatic carbocycles. The highest BCUT2D eigenvalue weighted by Gasteiger charge is 2.25. The number of nitrogens with one attached hydrogen (secondary N) is 1. The average Bonchev–Trinajstić information content (AvgIpc) is 2.57. The van der Waals surface area contributed by atoms with Crippen molar-refractivity contribution in [1.82, 2.24) is 5.32 Å². The van der Waals surface area contributed by atoms with E-state index in [2.05, 4.69) is 5.32 Å². The van der Waals surface area contributed by atoms with Crippen LogP contribution in [-0.4, -0.2) is 25.0 Å². The van der Waals surface area contributed by atoms with E-state index in [1.807, 2.05) is 48.5 Å². The smallest absolute Gasteiger partial charge is 0.254 e. The zero-order valence-corrected chi connectivity index (χ0v) is 12.9. The predicted octanol–water partition coefficient (Wildman–Crippen LogP) is 1.59. The maximum Gasteiger partial charge on any atom is 0.254 e. The molecule has 120 valence electrons. The van der Waals surface area contributed by atoms with Crippen LogP contribution in [0.4, 0.5) is 0 Å². The molecular weight excluding hydrogens is 292 g/mol. The summed E-state index contributed by atoms with van der Waals surface area (Å²) in [4.78, 5) is 24.1. The van der Waals surface area contributed by atoms with Crippen LogP contribution in [-0.2, 0) is 20.7 Å². The maximum atomic E-state index is 12.4. The number of amides is 2. The molecule has 2 aromatic rings. The van der Waals surface area contributed by atoms with Crippen molar-refractivity contribution in [2.24, 2.45) is 5.73 Å². The van der Waals surface area contributed by atoms with Gasteiger partial charge in [-0.25, -0.2) is 0 Å². The number of hydrogen-bond donors (Lipinski definition) is 2. The second-order valence-electron chi connectivity index (χ2n) is 5.18. The lowest BCUT2D eigenvalue weighted by Gasteiger charge is -2.20. The Balaban J connectivity index is 2.09. The third-order valence-electron chi connectivity index (χ3n) is 3.52. The summed E-state index contributed by atoms with van der Waals surface area (Å²) in [7, 11) is 1.45. The summed E-state index contributed by atoms with van der Waals surface area (Å²) >= 11 is 0. The molecule has 0 spiro atoms. The van der Waals surface area contributed by atoms with Crippen molar-refractivity contribution in [3.8, 4) is 0 Å². The summed E-state index contributed by atoms with van der Waals surface area (Å²) in [6.07, 6.45) is -0.443. The summed E-state index contributed by atoms with van der Waals surface area (Å²) in [5.41, 5.74) is 7.06. The lowest BCUT2D eigenvalue weighted by atomic mass is 10.0. The lowest BCUT2D eigenvalue weighted by molar-refractivity contribution is -0.134. The van der Waals surface area contributed by atoms with Gasteiger partial charge in [0.05, 0.1) is 0 Å². The van der Waals surface area contributed by atoms with E-state index in [-0.39, 0.29) is 0 Å². The molecule has 2 aromatic carbocycles. The van der Waals surface area contributed by atoms with E-state index in [1.54, 1.807) is 12.1 Å². The summed E-state index contributed by atoms with van der Waals surface area (Å²) in [6.45, 7) is 0. The zero-order chi connectivity index (χ0) is 16.7. The van der Waals surface area contributed by atoms with Crippen molar-refractivity contribution in [2.75, 3.05) is 7.11 Å². The van der Waals surface area contributed by atoms with E-state index in [0.717, 1.165) is 11.1 Å². The molecule has 0 radical (unpaired) electrons. The molecule has 2 rings (SSSR count). The molecule has 0 saturated carbocycles. The van der Waals surface area contributed by atoms with E-state index < -0.39 is 24.0 Å². The first-order valence-corrected chi connectivity index (χ1v) is 7.33. The SMILES string of the molecule is CO[C@@H](C(=O)N[C@H](Cc1ccccc1)C(N)=O)c1ccccc1. The molecule has 2 atom stereocenters. The molecule has 0 bridgehead atoms. The van der Waals surface area contributed by atoms with Crippen LogP contribution >= 0.6 is 0 Å². The third-order valence-corrected chi connectivity index (χ3v) is 3.52. The van der Waals surface area contributed by atoms with Gasteiger partial charge in [0.25, 0.3) is 5.91 Å². The van der Waals surface area contributed by atoms with E-state index in [4.69, 9.17) is 10.5 Å². The van der Waals surface area contributed by atoms with Crippen LogP contribution in [0.1, 0.15) is 17.2 Å². The first-order valence-electron chi connectivity index (χ1n) is 7.33. The van der Waals surface area contributed by atoms with Gasteiger partial charge < -0.3 is 15.8 Å². The number of carbonyl (C=O) groups is 2. The van der Waals surface area contributed by atoms with Gasteiger partial charge in [-0.05, 0) is 11.1 Å². The van der Waals surface area contributed by atoms with Gasteiger partial charge in [0, 0.05) is 13.5 Å². The fraction of sp³-hybridized carbons (Fsp3) is 0.222. The second-order valence-corrected chi connectivity index (χ2v) is 5.18. The summed E-state index contributed by atoms with van der Waals surface area (Å²) in [6, 6.07) is 17.7. The number of carbonyl (C=O) groups excluding carboxylic acids is 2. The van der Waals surface area contributed by atoms with Crippen LogP contribution in [0.2, 0.25) is 0 Å². The first kappa shape index (κ1) is 16.7. The normalized spacial score (nSPS) is 13.1. The highest BCUT2D eigenvalue weighted by atomic mass is 16.5. The molecule has 0 aliphatic rings. The zero-order valence-electron chi connectivity index (χ0n) is 12.9. The van der Waals surface area contributed by atoms with E-state index >= 15 is 0 Å². The van der Waals surface area contributed by atoms with Crippen LogP contribution in [0, 0.1) is 0 Å². The number of hydrogen-bond acceptors (Lipinski definition) is 3. The third kappa shape index (κ3) is 4.66. The molecule has 0 fully saturated rings. The number of methoxy groups -OCH3 is 1. The molecule has 3 N–H and O–H groups in total. The van der Waals surface area contributed by atoms with Gasteiger partial charge in [0.2, 0.25) is 5.91 Å². The van der Waals surface area contributed by atoms with Gasteiger partial charge in [-0.15, -0.1) is 0 Å². The Labute approximate surface area is 135 Å². The van der Waals surface area contributed by atoms with E-state index in [1.165, 1.54) is 7.11 Å². The van der Waals surface area contributed by atoms with Crippen molar-refractivity contribution < 1.29 is 14.3 Å². The fourth-order valence-corrected chi connectivity index (χ4v) is 2.34. The van der Waals surface area contributed by atoms with Crippen LogP contribution in [0.5, 0.6) is 0 Å². The molecule has 0 aliphatic heterocycles. The Hall–Kier alpha value is -2.66. The van der Waals surface area contributed by atoms with Gasteiger partial charge in [0.15, 0.2) is 6.10 Å². The minimum absolute atomic E-state index is 0.340. The van der Waals surface area contributed by atoms with E-state index in [0.29, 0.717) is 6.42 Å². The molecule has 0 aromatic heterocycles. The Morgan fingerprint density at radius 2 is 1.61 bits per heavy atom. The molecule has 5 nitrogen and oxygen atoms in total. The van der Waals surface area contributed by atoms with Crippen molar-refractivity contribution in [2.45, 2.75) is 18.6 Å². The first-order chi connectivity index (χ1) is 11.1. The Bertz CT molecular complexity index is 644. The second kappa shape index (κ2) is 8.10. The summed E-state index contributed by atoms with van der Waals surface area (Å²) < 4.78 is 5.26. The molecule has 0 heterocycles. The Morgan fingerprint density at radius 3 is 2.13 bits per heavy atom. The van der Waals surface area contributed by atoms with Crippen molar-refractivity contribution in [3.63, 3.8) is 0 Å². The molecule has 5 heteroatoms. The topological polar surface area (TPSA) is 81.4 Å². The Morgan fingerprint density at radius 1 is 1.04 bits per heavy atom. The predicted molar refractivity (Wildman–Crippen MR) is 87.5 cm³/mol. The monoisotopic (exact) mass is 312 g/mol. The molecule has 23 heavy (non-hydrogen) atoms. The fourth-order valence-electron chi connectivity index (χ4n) is 2.34. The standard InChI is InChI=1S/C18H20N2O3/c1-23-16(14-10-6-3-7-11-14)18(22)20-15(17(19)21)12-13-8-4-2-5-9-13/h2-11,15-16H,12H2,1H3,(H2,19,21)(H,20,22)/t15-,16-/m1/s1. The summed E-state index contributed by atoms with van der Waals surface area (Å²) in [5.74, 6) is -0.969. The number of ether oxygens (including phenoxy) is 1. The number of primary amides is 1. The van der Waals surface area contributed by atoms with Crippen LogP contribution in [0.3, 0.4) is 0 Å². The van der Waals surface area contributed by atoms with Crippen molar-refractivity contribution >= 4 is 11.8 Å². The average molecular weight is 312 g/mol. The van der Waals surface area contributed by atoms with Gasteiger partial charge in [0.1, 0.15) is 6.04 Å². The number of nitrogens with two attached hydrogens (primary N) is 1. The minimum Gasteiger partial charge on any atom is -0.368 e. The van der Waals surface area contributed by atoms with Gasteiger partial charge in [-0.3, -0.25) is 9.59 Å². The molecule has 0 saturated heterocycles. The van der Waals surface area contributed by atoms with Gasteiger partial charge >= 0.3 is 0 Å². The molecule has 0 unspecified atom stereocenters. The Kier molecular flexibility index (Phi) is 5.88. The van der Waals surface area contributed by atoms with Crippen LogP contribution in [0.15, 0.2) is 60.7 Å². The van der Waals surface area contributed by atoms with Crippen LogP contribution in [0.25, 0.3) is 0 Å². The minimum atomic E-state index is -0.786. The summed E-state index contributed by atoms with van der Waals surface area (Å²) in [5, 5.41) is 2.68. The number of rotatable bonds is 7. The molecular formula is C18H20N2O3. The van der Waals surface area contributed by atoms with E-state index in [9.17, 15) is 9.59 Å². The van der Waals surface area contributed by atoms with Crippen LogP contribution < -0.4 is 11.1 Å². The molecule has 2 amide bonds. The van der Waals surface area contributed by atoms with Gasteiger partial charge in [-0.2, -0.15) is 0 Å².